The van der Waals surface area contributed by atoms with Gasteiger partial charge in [-0.25, -0.2) is 0 Å². The van der Waals surface area contributed by atoms with Gasteiger partial charge < -0.3 is 10.2 Å². The van der Waals surface area contributed by atoms with Crippen molar-refractivity contribution >= 4 is 17.3 Å². The van der Waals surface area contributed by atoms with Gasteiger partial charge >= 0.3 is 6.18 Å². The van der Waals surface area contributed by atoms with Crippen LogP contribution in [0.15, 0.2) is 48.5 Å². The van der Waals surface area contributed by atoms with Crippen LogP contribution >= 0.6 is 0 Å². The van der Waals surface area contributed by atoms with Gasteiger partial charge in [-0.15, -0.1) is 0 Å². The number of hydrogen-bond acceptors (Lipinski definition) is 3. The summed E-state index contributed by atoms with van der Waals surface area (Å²) in [5.74, 6) is -0.390. The number of anilines is 2. The van der Waals surface area contributed by atoms with Crippen LogP contribution in [0.1, 0.15) is 18.1 Å². The van der Waals surface area contributed by atoms with E-state index in [1.54, 1.807) is 0 Å². The van der Waals surface area contributed by atoms with Crippen LogP contribution in [0.4, 0.5) is 24.5 Å². The van der Waals surface area contributed by atoms with E-state index in [1.807, 2.05) is 23.1 Å². The number of hydrogen-bond donors (Lipinski definition) is 1. The minimum Gasteiger partial charge on any atom is -0.367 e. The van der Waals surface area contributed by atoms with Crippen LogP contribution in [-0.4, -0.2) is 37.0 Å². The number of carbonyl (C=O) groups excluding carboxylic acids is 1. The Morgan fingerprint density at radius 2 is 1.70 bits per heavy atom. The zero-order chi connectivity index (χ0) is 19.4. The molecule has 2 aromatic rings. The van der Waals surface area contributed by atoms with E-state index in [9.17, 15) is 18.0 Å². The molecule has 1 amide bonds. The van der Waals surface area contributed by atoms with Gasteiger partial charge in [0.2, 0.25) is 5.91 Å². The molecule has 0 bridgehead atoms. The van der Waals surface area contributed by atoms with Crippen LogP contribution in [0, 0.1) is 0 Å². The van der Waals surface area contributed by atoms with Gasteiger partial charge in [-0.05, 0) is 23.8 Å². The molecule has 27 heavy (non-hydrogen) atoms. The van der Waals surface area contributed by atoms with E-state index in [0.717, 1.165) is 31.8 Å². The normalized spacial score (nSPS) is 15.6. The number of halogens is 3. The molecule has 0 unspecified atom stereocenters. The summed E-state index contributed by atoms with van der Waals surface area (Å²) in [7, 11) is 0. The Balaban J connectivity index is 1.72. The second-order valence-corrected chi connectivity index (χ2v) is 6.66. The lowest BCUT2D eigenvalue weighted by atomic mass is 10.1. The summed E-state index contributed by atoms with van der Waals surface area (Å²) in [6.07, 6.45) is -4.44. The van der Waals surface area contributed by atoms with E-state index in [2.05, 4.69) is 22.3 Å². The molecule has 1 heterocycles. The van der Waals surface area contributed by atoms with Crippen molar-refractivity contribution in [2.45, 2.75) is 19.6 Å². The molecule has 1 saturated heterocycles. The Bertz CT molecular complexity index is 785. The first kappa shape index (κ1) is 19.2. The molecule has 2 aromatic carbocycles. The first-order valence-electron chi connectivity index (χ1n) is 8.83. The third-order valence-electron chi connectivity index (χ3n) is 4.60. The van der Waals surface area contributed by atoms with Gasteiger partial charge in [-0.3, -0.25) is 9.69 Å². The van der Waals surface area contributed by atoms with Crippen molar-refractivity contribution in [3.05, 3.63) is 59.7 Å². The van der Waals surface area contributed by atoms with Crippen LogP contribution in [0.25, 0.3) is 0 Å². The molecule has 0 aromatic heterocycles. The number of rotatable bonds is 4. The monoisotopic (exact) mass is 377 g/mol. The number of piperazine rings is 1. The second-order valence-electron chi connectivity index (χ2n) is 6.66. The van der Waals surface area contributed by atoms with Gasteiger partial charge in [-0.1, -0.05) is 30.3 Å². The van der Waals surface area contributed by atoms with E-state index in [0.29, 0.717) is 18.8 Å². The topological polar surface area (TPSA) is 35.6 Å². The third kappa shape index (κ3) is 5.01. The van der Waals surface area contributed by atoms with Crippen molar-refractivity contribution < 1.29 is 18.0 Å². The Kier molecular flexibility index (Phi) is 5.70. The maximum Gasteiger partial charge on any atom is 0.416 e. The van der Waals surface area contributed by atoms with Crippen LogP contribution < -0.4 is 10.2 Å². The lowest BCUT2D eigenvalue weighted by molar-refractivity contribution is -0.137. The smallest absolute Gasteiger partial charge is 0.367 e. The highest BCUT2D eigenvalue weighted by Gasteiger charge is 2.32. The van der Waals surface area contributed by atoms with Gasteiger partial charge in [0, 0.05) is 39.6 Å². The summed E-state index contributed by atoms with van der Waals surface area (Å²) in [4.78, 5) is 15.8. The Labute approximate surface area is 156 Å². The highest BCUT2D eigenvalue weighted by Crippen LogP contribution is 2.35. The third-order valence-corrected chi connectivity index (χ3v) is 4.60. The molecule has 0 spiro atoms. The van der Waals surface area contributed by atoms with Crippen LogP contribution in [0.3, 0.4) is 0 Å². The van der Waals surface area contributed by atoms with Crippen molar-refractivity contribution in [2.24, 2.45) is 0 Å². The standard InChI is InChI=1S/C20H22F3N3O/c1-15(27)24-18-13-17(20(21,22)23)7-8-19(18)26-11-9-25(10-12-26)14-16-5-3-2-4-6-16/h2-8,13H,9-12,14H2,1H3,(H,24,27). The molecule has 1 aliphatic heterocycles. The van der Waals surface area contributed by atoms with Gasteiger partial charge in [0.25, 0.3) is 0 Å². The zero-order valence-electron chi connectivity index (χ0n) is 15.1. The summed E-state index contributed by atoms with van der Waals surface area (Å²) in [5.41, 5.74) is 1.29. The lowest BCUT2D eigenvalue weighted by Crippen LogP contribution is -2.46. The molecule has 0 aliphatic carbocycles. The number of nitrogens with zero attached hydrogens (tertiary/aromatic N) is 2. The Morgan fingerprint density at radius 1 is 1.04 bits per heavy atom. The molecule has 0 radical (unpaired) electrons. The summed E-state index contributed by atoms with van der Waals surface area (Å²) in [6.45, 7) is 5.11. The van der Waals surface area contributed by atoms with Gasteiger partial charge in [-0.2, -0.15) is 13.2 Å². The fourth-order valence-corrected chi connectivity index (χ4v) is 3.27. The minimum atomic E-state index is -4.44. The van der Waals surface area contributed by atoms with E-state index < -0.39 is 17.6 Å². The number of alkyl halides is 3. The molecule has 3 rings (SSSR count). The zero-order valence-corrected chi connectivity index (χ0v) is 15.1. The maximum absolute atomic E-state index is 13.0. The Hall–Kier alpha value is -2.54. The molecule has 0 saturated carbocycles. The maximum atomic E-state index is 13.0. The second kappa shape index (κ2) is 8.00. The van der Waals surface area contributed by atoms with Crippen LogP contribution in [0.5, 0.6) is 0 Å². The molecular weight excluding hydrogens is 355 g/mol. The van der Waals surface area contributed by atoms with E-state index in [4.69, 9.17) is 0 Å². The molecule has 1 N–H and O–H groups in total. The van der Waals surface area contributed by atoms with Crippen molar-refractivity contribution in [1.82, 2.24) is 4.90 Å². The largest absolute Gasteiger partial charge is 0.416 e. The predicted octanol–water partition coefficient (Wildman–Crippen LogP) is 3.99. The number of amides is 1. The SMILES string of the molecule is CC(=O)Nc1cc(C(F)(F)F)ccc1N1CCN(Cc2ccccc2)CC1. The van der Waals surface area contributed by atoms with E-state index >= 15 is 0 Å². The first-order valence-corrected chi connectivity index (χ1v) is 8.83. The molecule has 1 fully saturated rings. The average molecular weight is 377 g/mol. The molecule has 144 valence electrons. The van der Waals surface area contributed by atoms with Gasteiger partial charge in [0.05, 0.1) is 16.9 Å². The van der Waals surface area contributed by atoms with E-state index in [1.165, 1.54) is 18.6 Å². The predicted molar refractivity (Wildman–Crippen MR) is 99.7 cm³/mol. The van der Waals surface area contributed by atoms with Crippen LogP contribution in [-0.2, 0) is 17.5 Å². The van der Waals surface area contributed by atoms with Crippen molar-refractivity contribution in [3.63, 3.8) is 0 Å². The minimum absolute atomic E-state index is 0.203. The summed E-state index contributed by atoms with van der Waals surface area (Å²) >= 11 is 0. The number of carbonyl (C=O) groups is 1. The first-order chi connectivity index (χ1) is 12.8. The highest BCUT2D eigenvalue weighted by molar-refractivity contribution is 5.93. The molecule has 4 nitrogen and oxygen atoms in total. The summed E-state index contributed by atoms with van der Waals surface area (Å²) < 4.78 is 39.0. The summed E-state index contributed by atoms with van der Waals surface area (Å²) in [6, 6.07) is 13.7. The van der Waals surface area contributed by atoms with Crippen molar-refractivity contribution in [1.29, 1.82) is 0 Å². The molecule has 0 atom stereocenters. The fraction of sp³-hybridized carbons (Fsp3) is 0.350. The van der Waals surface area contributed by atoms with Crippen molar-refractivity contribution in [3.8, 4) is 0 Å². The van der Waals surface area contributed by atoms with Crippen LogP contribution in [0.2, 0.25) is 0 Å². The lowest BCUT2D eigenvalue weighted by Gasteiger charge is -2.37. The number of benzene rings is 2. The molecule has 1 aliphatic rings. The van der Waals surface area contributed by atoms with Crippen molar-refractivity contribution in [2.75, 3.05) is 36.4 Å². The fourth-order valence-electron chi connectivity index (χ4n) is 3.27. The summed E-state index contributed by atoms with van der Waals surface area (Å²) in [5, 5.41) is 2.54. The number of nitrogens with one attached hydrogen (secondary N) is 1. The average Bonchev–Trinajstić information content (AvgIpc) is 2.62. The van der Waals surface area contributed by atoms with Gasteiger partial charge in [0.15, 0.2) is 0 Å². The quantitative estimate of drug-likeness (QED) is 0.875. The van der Waals surface area contributed by atoms with E-state index in [-0.39, 0.29) is 5.69 Å². The highest BCUT2D eigenvalue weighted by atomic mass is 19.4. The molecule has 7 heteroatoms. The van der Waals surface area contributed by atoms with Gasteiger partial charge in [0.1, 0.15) is 0 Å². The molecular formula is C20H22F3N3O. The Morgan fingerprint density at radius 3 is 2.30 bits per heavy atom.